The molecule has 2 aliphatic rings. The molecular weight excluding hydrogens is 160 g/mol. The molecule has 0 radical (unpaired) electrons. The molecule has 2 rings (SSSR count). The highest BCUT2D eigenvalue weighted by molar-refractivity contribution is 5.76. The van der Waals surface area contributed by atoms with E-state index in [1.165, 1.54) is 0 Å². The van der Waals surface area contributed by atoms with Gasteiger partial charge in [-0.15, -0.1) is 0 Å². The maximum atomic E-state index is 11.0. The first-order valence-electron chi connectivity index (χ1n) is 4.18. The monoisotopic (exact) mass is 172 g/mol. The van der Waals surface area contributed by atoms with Gasteiger partial charge in [0.15, 0.2) is 0 Å². The highest BCUT2D eigenvalue weighted by Crippen LogP contribution is 2.39. The summed E-state index contributed by atoms with van der Waals surface area (Å²) in [5.41, 5.74) is -0.738. The third-order valence-corrected chi connectivity index (χ3v) is 2.79. The van der Waals surface area contributed by atoms with Crippen LogP contribution in [0.5, 0.6) is 0 Å². The number of carbonyl (C=O) groups is 1. The van der Waals surface area contributed by atoms with Crippen molar-refractivity contribution >= 4 is 5.97 Å². The van der Waals surface area contributed by atoms with E-state index in [1.54, 1.807) is 0 Å². The van der Waals surface area contributed by atoms with Crippen molar-refractivity contribution in [2.45, 2.75) is 18.9 Å². The Morgan fingerprint density at radius 2 is 2.33 bits per heavy atom. The average molecular weight is 172 g/mol. The third kappa shape index (κ3) is 0.949. The molecule has 0 aromatic rings. The summed E-state index contributed by atoms with van der Waals surface area (Å²) in [5, 5.41) is 9.04. The summed E-state index contributed by atoms with van der Waals surface area (Å²) >= 11 is 0. The first-order chi connectivity index (χ1) is 5.76. The second-order valence-corrected chi connectivity index (χ2v) is 3.41. The molecule has 2 atom stereocenters. The molecule has 68 valence electrons. The molecule has 2 saturated heterocycles. The van der Waals surface area contributed by atoms with Gasteiger partial charge in [0, 0.05) is 13.2 Å². The van der Waals surface area contributed by atoms with Gasteiger partial charge in [-0.1, -0.05) is 0 Å². The Morgan fingerprint density at radius 3 is 3.00 bits per heavy atom. The molecule has 4 heteroatoms. The number of carboxylic acids is 1. The van der Waals surface area contributed by atoms with Crippen LogP contribution in [0.3, 0.4) is 0 Å². The van der Waals surface area contributed by atoms with Crippen LogP contribution in [0.25, 0.3) is 0 Å². The zero-order chi connectivity index (χ0) is 8.60. The van der Waals surface area contributed by atoms with E-state index in [2.05, 4.69) is 0 Å². The first-order valence-corrected chi connectivity index (χ1v) is 4.18. The summed E-state index contributed by atoms with van der Waals surface area (Å²) in [4.78, 5) is 11.0. The second kappa shape index (κ2) is 2.71. The van der Waals surface area contributed by atoms with Gasteiger partial charge < -0.3 is 14.6 Å². The lowest BCUT2D eigenvalue weighted by Crippen LogP contribution is -2.46. The molecule has 0 unspecified atom stereocenters. The minimum absolute atomic E-state index is 0.122. The molecule has 0 aliphatic carbocycles. The minimum atomic E-state index is -0.773. The SMILES string of the molecule is O=C(O)[C@@]12CCO[C@@H]1CCOC2. The molecule has 2 heterocycles. The zero-order valence-electron chi connectivity index (χ0n) is 6.78. The highest BCUT2D eigenvalue weighted by atomic mass is 16.5. The van der Waals surface area contributed by atoms with Crippen LogP contribution in [0.4, 0.5) is 0 Å². The predicted octanol–water partition coefficient (Wildman–Crippen LogP) is 0.267. The summed E-state index contributed by atoms with van der Waals surface area (Å²) in [5.74, 6) is -0.773. The Hall–Kier alpha value is -0.610. The van der Waals surface area contributed by atoms with Gasteiger partial charge in [-0.05, 0) is 12.8 Å². The number of rotatable bonds is 1. The fourth-order valence-electron chi connectivity index (χ4n) is 1.98. The van der Waals surface area contributed by atoms with Gasteiger partial charge in [-0.25, -0.2) is 0 Å². The lowest BCUT2D eigenvalue weighted by molar-refractivity contribution is -0.164. The average Bonchev–Trinajstić information content (AvgIpc) is 2.48. The summed E-state index contributed by atoms with van der Waals surface area (Å²) in [6.45, 7) is 1.49. The zero-order valence-corrected chi connectivity index (χ0v) is 6.78. The van der Waals surface area contributed by atoms with Crippen LogP contribution in [-0.2, 0) is 14.3 Å². The summed E-state index contributed by atoms with van der Waals surface area (Å²) in [6, 6.07) is 0. The standard InChI is InChI=1S/C8H12O4/c9-7(10)8-2-4-12-6(8)1-3-11-5-8/h6H,1-5H2,(H,9,10)/t6-,8-/m1/s1. The Kier molecular flexibility index (Phi) is 1.81. The Bertz CT molecular complexity index is 203. The number of carboxylic acid groups (broad SMARTS) is 1. The molecule has 0 amide bonds. The number of hydrogen-bond donors (Lipinski definition) is 1. The lowest BCUT2D eigenvalue weighted by atomic mass is 9.79. The molecule has 0 aromatic heterocycles. The van der Waals surface area contributed by atoms with Crippen LogP contribution in [0.2, 0.25) is 0 Å². The van der Waals surface area contributed by atoms with E-state index in [0.717, 1.165) is 0 Å². The second-order valence-electron chi connectivity index (χ2n) is 3.41. The fraction of sp³-hybridized carbons (Fsp3) is 0.875. The van der Waals surface area contributed by atoms with Gasteiger partial charge >= 0.3 is 5.97 Å². The van der Waals surface area contributed by atoms with Crippen molar-refractivity contribution in [1.82, 2.24) is 0 Å². The highest BCUT2D eigenvalue weighted by Gasteiger charge is 2.52. The summed E-state index contributed by atoms with van der Waals surface area (Å²) < 4.78 is 10.5. The van der Waals surface area contributed by atoms with Gasteiger partial charge in [-0.3, -0.25) is 4.79 Å². The van der Waals surface area contributed by atoms with E-state index in [1.807, 2.05) is 0 Å². The van der Waals surface area contributed by atoms with E-state index >= 15 is 0 Å². The van der Waals surface area contributed by atoms with Crippen LogP contribution in [0, 0.1) is 5.41 Å². The van der Waals surface area contributed by atoms with Crippen LogP contribution in [0.1, 0.15) is 12.8 Å². The van der Waals surface area contributed by atoms with Crippen molar-refractivity contribution in [1.29, 1.82) is 0 Å². The molecule has 1 N–H and O–H groups in total. The quantitative estimate of drug-likeness (QED) is 0.616. The smallest absolute Gasteiger partial charge is 0.314 e. The number of fused-ring (bicyclic) bond motifs is 1. The van der Waals surface area contributed by atoms with E-state index in [0.29, 0.717) is 32.7 Å². The predicted molar refractivity (Wildman–Crippen MR) is 39.9 cm³/mol. The largest absolute Gasteiger partial charge is 0.481 e. The van der Waals surface area contributed by atoms with Gasteiger partial charge in [0.25, 0.3) is 0 Å². The molecule has 0 spiro atoms. The molecule has 2 fully saturated rings. The number of aliphatic carboxylic acids is 1. The van der Waals surface area contributed by atoms with Crippen LogP contribution in [-0.4, -0.2) is 37.0 Å². The number of hydrogen-bond acceptors (Lipinski definition) is 3. The van der Waals surface area contributed by atoms with E-state index in [4.69, 9.17) is 14.6 Å². The van der Waals surface area contributed by atoms with Gasteiger partial charge in [0.05, 0.1) is 12.7 Å². The molecule has 0 bridgehead atoms. The Labute approximate surface area is 70.5 Å². The minimum Gasteiger partial charge on any atom is -0.481 e. The third-order valence-electron chi connectivity index (χ3n) is 2.79. The summed E-state index contributed by atoms with van der Waals surface area (Å²) in [6.07, 6.45) is 1.18. The number of ether oxygens (including phenoxy) is 2. The van der Waals surface area contributed by atoms with Crippen molar-refractivity contribution in [3.05, 3.63) is 0 Å². The lowest BCUT2D eigenvalue weighted by Gasteiger charge is -2.33. The van der Waals surface area contributed by atoms with E-state index < -0.39 is 11.4 Å². The molecule has 0 saturated carbocycles. The molecule has 2 aliphatic heterocycles. The van der Waals surface area contributed by atoms with E-state index in [-0.39, 0.29) is 6.10 Å². The van der Waals surface area contributed by atoms with Crippen molar-refractivity contribution in [2.24, 2.45) is 5.41 Å². The topological polar surface area (TPSA) is 55.8 Å². The molecule has 12 heavy (non-hydrogen) atoms. The van der Waals surface area contributed by atoms with Crippen molar-refractivity contribution in [3.63, 3.8) is 0 Å². The Morgan fingerprint density at radius 1 is 1.50 bits per heavy atom. The normalized spacial score (nSPS) is 40.8. The van der Waals surface area contributed by atoms with Gasteiger partial charge in [0.2, 0.25) is 0 Å². The molecular formula is C8H12O4. The van der Waals surface area contributed by atoms with Crippen LogP contribution in [0.15, 0.2) is 0 Å². The first kappa shape index (κ1) is 8.01. The molecule has 4 nitrogen and oxygen atoms in total. The van der Waals surface area contributed by atoms with Crippen LogP contribution >= 0.6 is 0 Å². The molecule has 0 aromatic carbocycles. The summed E-state index contributed by atoms with van der Waals surface area (Å²) in [7, 11) is 0. The van der Waals surface area contributed by atoms with Crippen LogP contribution < -0.4 is 0 Å². The maximum absolute atomic E-state index is 11.0. The van der Waals surface area contributed by atoms with Crippen molar-refractivity contribution < 1.29 is 19.4 Å². The Balaban J connectivity index is 2.23. The maximum Gasteiger partial charge on any atom is 0.314 e. The van der Waals surface area contributed by atoms with Gasteiger partial charge in [0.1, 0.15) is 5.41 Å². The van der Waals surface area contributed by atoms with E-state index in [9.17, 15) is 4.79 Å². The van der Waals surface area contributed by atoms with Crippen molar-refractivity contribution in [2.75, 3.05) is 19.8 Å². The fourth-order valence-corrected chi connectivity index (χ4v) is 1.98. The van der Waals surface area contributed by atoms with Gasteiger partial charge in [-0.2, -0.15) is 0 Å². The van der Waals surface area contributed by atoms with Crippen molar-refractivity contribution in [3.8, 4) is 0 Å².